The van der Waals surface area contributed by atoms with Crippen molar-refractivity contribution in [3.8, 4) is 0 Å². The second-order valence-corrected chi connectivity index (χ2v) is 5.73. The van der Waals surface area contributed by atoms with Gasteiger partial charge in [0.2, 0.25) is 0 Å². The lowest BCUT2D eigenvalue weighted by Gasteiger charge is -2.19. The van der Waals surface area contributed by atoms with E-state index in [1.165, 1.54) is 11.1 Å². The van der Waals surface area contributed by atoms with E-state index in [-0.39, 0.29) is 6.04 Å². The molecule has 1 atom stereocenters. The first kappa shape index (κ1) is 14.5. The Hall–Kier alpha value is -0.900. The number of hydrogen-bond acceptors (Lipinski definition) is 2. The molecule has 2 nitrogen and oxygen atoms in total. The Morgan fingerprint density at radius 1 is 1.37 bits per heavy atom. The van der Waals surface area contributed by atoms with Gasteiger partial charge in [0.1, 0.15) is 0 Å². The van der Waals surface area contributed by atoms with Crippen molar-refractivity contribution in [1.82, 2.24) is 10.3 Å². The molecule has 0 aliphatic rings. The predicted octanol–water partition coefficient (Wildman–Crippen LogP) is 4.39. The van der Waals surface area contributed by atoms with Gasteiger partial charge in [-0.25, -0.2) is 0 Å². The van der Waals surface area contributed by atoms with Crippen LogP contribution in [-0.4, -0.2) is 11.5 Å². The average molecular weight is 340 g/mol. The lowest BCUT2D eigenvalue weighted by molar-refractivity contribution is 0.549. The molecular weight excluding hydrogens is 324 g/mol. The largest absolute Gasteiger partial charge is 0.310 e. The standard InChI is InChI=1S/C15H16BrClN2/c1-2-19-15(6-11-4-3-5-18-10-11)12-7-13(16)9-14(17)8-12/h3-5,7-10,15,19H,2,6H2,1H3. The molecule has 0 saturated carbocycles. The van der Waals surface area contributed by atoms with Crippen LogP contribution in [0.1, 0.15) is 24.1 Å². The second-order valence-electron chi connectivity index (χ2n) is 4.38. The van der Waals surface area contributed by atoms with Crippen LogP contribution in [0.5, 0.6) is 0 Å². The fourth-order valence-corrected chi connectivity index (χ4v) is 2.97. The number of nitrogens with one attached hydrogen (secondary N) is 1. The number of benzene rings is 1. The van der Waals surface area contributed by atoms with Crippen LogP contribution in [0, 0.1) is 0 Å². The monoisotopic (exact) mass is 338 g/mol. The number of pyridine rings is 1. The SMILES string of the molecule is CCNC(Cc1cccnc1)c1cc(Cl)cc(Br)c1. The lowest BCUT2D eigenvalue weighted by Crippen LogP contribution is -2.23. The molecule has 100 valence electrons. The summed E-state index contributed by atoms with van der Waals surface area (Å²) >= 11 is 9.62. The number of halogens is 2. The van der Waals surface area contributed by atoms with Gasteiger partial charge in [0.05, 0.1) is 0 Å². The Bertz CT molecular complexity index is 511. The van der Waals surface area contributed by atoms with Crippen LogP contribution < -0.4 is 5.32 Å². The van der Waals surface area contributed by atoms with E-state index in [1.54, 1.807) is 6.20 Å². The molecule has 2 aromatic rings. The summed E-state index contributed by atoms with van der Waals surface area (Å²) in [5.74, 6) is 0. The van der Waals surface area contributed by atoms with Crippen molar-refractivity contribution in [2.45, 2.75) is 19.4 Å². The molecule has 0 bridgehead atoms. The molecule has 1 N–H and O–H groups in total. The fourth-order valence-electron chi connectivity index (χ4n) is 2.09. The molecule has 1 aromatic carbocycles. The zero-order valence-corrected chi connectivity index (χ0v) is 13.1. The highest BCUT2D eigenvalue weighted by Gasteiger charge is 2.12. The van der Waals surface area contributed by atoms with Crippen LogP contribution in [0.25, 0.3) is 0 Å². The molecule has 1 unspecified atom stereocenters. The molecule has 19 heavy (non-hydrogen) atoms. The molecule has 2 rings (SSSR count). The molecule has 1 heterocycles. The van der Waals surface area contributed by atoms with Crippen molar-refractivity contribution in [2.75, 3.05) is 6.54 Å². The van der Waals surface area contributed by atoms with Gasteiger partial charge in [0.25, 0.3) is 0 Å². The Morgan fingerprint density at radius 2 is 2.21 bits per heavy atom. The maximum absolute atomic E-state index is 6.13. The lowest BCUT2D eigenvalue weighted by atomic mass is 10.00. The van der Waals surface area contributed by atoms with Crippen LogP contribution >= 0.6 is 27.5 Å². The summed E-state index contributed by atoms with van der Waals surface area (Å²) in [5.41, 5.74) is 2.40. The first-order chi connectivity index (χ1) is 9.19. The molecule has 0 amide bonds. The average Bonchev–Trinajstić information content (AvgIpc) is 2.38. The van der Waals surface area contributed by atoms with Gasteiger partial charge in [0.15, 0.2) is 0 Å². The van der Waals surface area contributed by atoms with E-state index in [4.69, 9.17) is 11.6 Å². The zero-order valence-electron chi connectivity index (χ0n) is 10.7. The van der Waals surface area contributed by atoms with Gasteiger partial charge in [-0.3, -0.25) is 4.98 Å². The molecule has 4 heteroatoms. The highest BCUT2D eigenvalue weighted by molar-refractivity contribution is 9.10. The third kappa shape index (κ3) is 4.30. The van der Waals surface area contributed by atoms with Crippen molar-refractivity contribution < 1.29 is 0 Å². The highest BCUT2D eigenvalue weighted by Crippen LogP contribution is 2.25. The maximum Gasteiger partial charge on any atom is 0.0420 e. The first-order valence-electron chi connectivity index (χ1n) is 6.27. The van der Waals surface area contributed by atoms with Gasteiger partial charge in [-0.05, 0) is 48.4 Å². The van der Waals surface area contributed by atoms with Crippen LogP contribution in [0.4, 0.5) is 0 Å². The van der Waals surface area contributed by atoms with E-state index in [2.05, 4.69) is 45.3 Å². The summed E-state index contributed by atoms with van der Waals surface area (Å²) in [6.45, 7) is 3.02. The van der Waals surface area contributed by atoms with E-state index in [1.807, 2.05) is 24.4 Å². The summed E-state index contributed by atoms with van der Waals surface area (Å²) in [5, 5.41) is 4.24. The van der Waals surface area contributed by atoms with Gasteiger partial charge < -0.3 is 5.32 Å². The highest BCUT2D eigenvalue weighted by atomic mass is 79.9. The van der Waals surface area contributed by atoms with Crippen molar-refractivity contribution in [3.05, 3.63) is 63.3 Å². The second kappa shape index (κ2) is 7.04. The topological polar surface area (TPSA) is 24.9 Å². The maximum atomic E-state index is 6.13. The Balaban J connectivity index is 2.24. The summed E-state index contributed by atoms with van der Waals surface area (Å²) in [6.07, 6.45) is 4.60. The number of aromatic nitrogens is 1. The van der Waals surface area contributed by atoms with Crippen molar-refractivity contribution in [2.24, 2.45) is 0 Å². The van der Waals surface area contributed by atoms with E-state index in [0.717, 1.165) is 22.5 Å². The Labute approximate surface area is 127 Å². The first-order valence-corrected chi connectivity index (χ1v) is 7.44. The summed E-state index contributed by atoms with van der Waals surface area (Å²) < 4.78 is 1.00. The third-order valence-electron chi connectivity index (χ3n) is 2.90. The Morgan fingerprint density at radius 3 is 2.84 bits per heavy atom. The minimum absolute atomic E-state index is 0.240. The number of hydrogen-bond donors (Lipinski definition) is 1. The number of rotatable bonds is 5. The van der Waals surface area contributed by atoms with Crippen LogP contribution in [0.15, 0.2) is 47.2 Å². The zero-order chi connectivity index (χ0) is 13.7. The molecule has 0 saturated heterocycles. The minimum atomic E-state index is 0.240. The van der Waals surface area contributed by atoms with Crippen LogP contribution in [0.2, 0.25) is 5.02 Å². The predicted molar refractivity (Wildman–Crippen MR) is 83.5 cm³/mol. The van der Waals surface area contributed by atoms with E-state index >= 15 is 0 Å². The van der Waals surface area contributed by atoms with Gasteiger partial charge in [0, 0.05) is 27.9 Å². The number of likely N-dealkylation sites (N-methyl/N-ethyl adjacent to an activating group) is 1. The van der Waals surface area contributed by atoms with Crippen molar-refractivity contribution in [3.63, 3.8) is 0 Å². The molecule has 0 spiro atoms. The smallest absolute Gasteiger partial charge is 0.0420 e. The fraction of sp³-hybridized carbons (Fsp3) is 0.267. The molecular formula is C15H16BrClN2. The van der Waals surface area contributed by atoms with Crippen LogP contribution in [0.3, 0.4) is 0 Å². The molecule has 0 radical (unpaired) electrons. The Kier molecular flexibility index (Phi) is 5.37. The molecule has 0 aliphatic carbocycles. The molecule has 0 fully saturated rings. The molecule has 0 aliphatic heterocycles. The summed E-state index contributed by atoms with van der Waals surface area (Å²) in [6, 6.07) is 10.3. The summed E-state index contributed by atoms with van der Waals surface area (Å²) in [4.78, 5) is 4.16. The molecule has 1 aromatic heterocycles. The van der Waals surface area contributed by atoms with Crippen LogP contribution in [-0.2, 0) is 6.42 Å². The van der Waals surface area contributed by atoms with Gasteiger partial charge in [-0.15, -0.1) is 0 Å². The number of nitrogens with zero attached hydrogens (tertiary/aromatic N) is 1. The quantitative estimate of drug-likeness (QED) is 0.874. The van der Waals surface area contributed by atoms with Gasteiger partial charge >= 0.3 is 0 Å². The third-order valence-corrected chi connectivity index (χ3v) is 3.58. The van der Waals surface area contributed by atoms with E-state index in [9.17, 15) is 0 Å². The minimum Gasteiger partial charge on any atom is -0.310 e. The van der Waals surface area contributed by atoms with Gasteiger partial charge in [-0.2, -0.15) is 0 Å². The van der Waals surface area contributed by atoms with E-state index in [0.29, 0.717) is 0 Å². The summed E-state index contributed by atoms with van der Waals surface area (Å²) in [7, 11) is 0. The normalized spacial score (nSPS) is 12.4. The van der Waals surface area contributed by atoms with Crippen molar-refractivity contribution >= 4 is 27.5 Å². The van der Waals surface area contributed by atoms with Crippen molar-refractivity contribution in [1.29, 1.82) is 0 Å². The van der Waals surface area contributed by atoms with Gasteiger partial charge in [-0.1, -0.05) is 40.5 Å². The van der Waals surface area contributed by atoms with E-state index < -0.39 is 0 Å².